The minimum atomic E-state index is -1.54. The van der Waals surface area contributed by atoms with E-state index in [9.17, 15) is 28.4 Å². The number of primary amides is 1. The van der Waals surface area contributed by atoms with Gasteiger partial charge in [0.05, 0.1) is 6.54 Å². The number of hydrogen-bond acceptors (Lipinski definition) is 8. The zero-order chi connectivity index (χ0) is 31.2. The Morgan fingerprint density at radius 2 is 1.73 bits per heavy atom. The summed E-state index contributed by atoms with van der Waals surface area (Å²) in [5, 5.41) is 2.86. The Hall–Kier alpha value is -3.58. The molecule has 15 heteroatoms. The van der Waals surface area contributed by atoms with Crippen LogP contribution in [-0.2, 0) is 30.3 Å². The highest BCUT2D eigenvalue weighted by atomic mass is 35.5. The lowest BCUT2D eigenvalue weighted by atomic mass is 10.1. The van der Waals surface area contributed by atoms with Crippen LogP contribution < -0.4 is 11.1 Å². The van der Waals surface area contributed by atoms with Gasteiger partial charge in [-0.3, -0.25) is 14.5 Å². The molecule has 0 saturated heterocycles. The number of carbonyl (C=O) groups is 5. The summed E-state index contributed by atoms with van der Waals surface area (Å²) in [7, 11) is 0. The summed E-state index contributed by atoms with van der Waals surface area (Å²) in [6.45, 7) is 5.93. The summed E-state index contributed by atoms with van der Waals surface area (Å²) < 4.78 is 28.5. The second-order valence-electron chi connectivity index (χ2n) is 9.64. The van der Waals surface area contributed by atoms with Gasteiger partial charge in [0.25, 0.3) is 5.91 Å². The van der Waals surface area contributed by atoms with Gasteiger partial charge in [-0.05, 0) is 44.5 Å². The predicted octanol–water partition coefficient (Wildman–Crippen LogP) is 4.21. The van der Waals surface area contributed by atoms with Crippen molar-refractivity contribution in [3.63, 3.8) is 0 Å². The summed E-state index contributed by atoms with van der Waals surface area (Å²) in [5.41, 5.74) is 4.76. The molecule has 0 bridgehead atoms. The van der Waals surface area contributed by atoms with Gasteiger partial charge >= 0.3 is 18.3 Å². The van der Waals surface area contributed by atoms with Crippen molar-refractivity contribution in [2.75, 3.05) is 33.0 Å². The monoisotopic (exact) mass is 620 g/mol. The Bertz CT molecular complexity index is 1080. The van der Waals surface area contributed by atoms with Crippen molar-refractivity contribution in [3.8, 4) is 0 Å². The molecular formula is C26H35Cl2FN4O8. The van der Waals surface area contributed by atoms with Crippen molar-refractivity contribution >= 4 is 53.2 Å². The molecule has 0 heterocycles. The van der Waals surface area contributed by atoms with Crippen LogP contribution in [0.25, 0.3) is 0 Å². The molecule has 0 spiro atoms. The van der Waals surface area contributed by atoms with Gasteiger partial charge in [-0.2, -0.15) is 0 Å². The SMILES string of the molecule is C=CCOC(=O)NCC(=O)CCN(Cc1cc(Cl)cc(Cl)c1)C(=O)[C@H](CCN(CF)C(=O)OC(C)(C)C)OC(N)=O. The highest BCUT2D eigenvalue weighted by molar-refractivity contribution is 6.34. The lowest BCUT2D eigenvalue weighted by Gasteiger charge is -2.29. The molecule has 0 radical (unpaired) electrons. The quantitative estimate of drug-likeness (QED) is 0.168. The minimum Gasteiger partial charge on any atom is -0.445 e. The summed E-state index contributed by atoms with van der Waals surface area (Å²) >= 11 is 12.2. The average molecular weight is 621 g/mol. The van der Waals surface area contributed by atoms with E-state index < -0.39 is 48.5 Å². The lowest BCUT2D eigenvalue weighted by molar-refractivity contribution is -0.141. The van der Waals surface area contributed by atoms with Gasteiger partial charge in [0.1, 0.15) is 12.2 Å². The Balaban J connectivity index is 3.10. The number of alkyl halides is 1. The number of nitrogens with two attached hydrogens (primary N) is 1. The van der Waals surface area contributed by atoms with E-state index >= 15 is 0 Å². The molecule has 1 rings (SSSR count). The fourth-order valence-corrected chi connectivity index (χ4v) is 3.84. The topological polar surface area (TPSA) is 158 Å². The molecule has 0 fully saturated rings. The number of benzene rings is 1. The van der Waals surface area contributed by atoms with Crippen LogP contribution in [0.1, 0.15) is 39.2 Å². The molecule has 0 aliphatic heterocycles. The summed E-state index contributed by atoms with van der Waals surface area (Å²) in [6, 6.07) is 4.58. The number of alkyl carbamates (subject to hydrolysis) is 1. The van der Waals surface area contributed by atoms with Crippen LogP contribution in [-0.4, -0.2) is 84.5 Å². The first-order valence-electron chi connectivity index (χ1n) is 12.4. The normalized spacial score (nSPS) is 11.6. The number of carbonyl (C=O) groups excluding carboxylic acids is 5. The lowest BCUT2D eigenvalue weighted by Crippen LogP contribution is -2.45. The third-order valence-corrected chi connectivity index (χ3v) is 5.46. The van der Waals surface area contributed by atoms with Gasteiger partial charge in [0.15, 0.2) is 18.7 Å². The highest BCUT2D eigenvalue weighted by Gasteiger charge is 2.30. The molecule has 41 heavy (non-hydrogen) atoms. The number of ketones is 1. The van der Waals surface area contributed by atoms with Crippen LogP contribution in [0.4, 0.5) is 18.8 Å². The molecule has 12 nitrogen and oxygen atoms in total. The van der Waals surface area contributed by atoms with Crippen molar-refractivity contribution in [2.24, 2.45) is 5.73 Å². The van der Waals surface area contributed by atoms with Gasteiger partial charge in [-0.1, -0.05) is 35.9 Å². The molecule has 0 unspecified atom stereocenters. The van der Waals surface area contributed by atoms with Gasteiger partial charge in [-0.15, -0.1) is 0 Å². The number of hydrogen-bond donors (Lipinski definition) is 2. The summed E-state index contributed by atoms with van der Waals surface area (Å²) in [4.78, 5) is 63.3. The van der Waals surface area contributed by atoms with E-state index in [1.54, 1.807) is 32.9 Å². The van der Waals surface area contributed by atoms with Crippen LogP contribution in [0, 0.1) is 0 Å². The van der Waals surface area contributed by atoms with E-state index in [4.69, 9.17) is 43.1 Å². The maximum atomic E-state index is 13.6. The van der Waals surface area contributed by atoms with Crippen LogP contribution >= 0.6 is 23.2 Å². The number of ether oxygens (including phenoxy) is 3. The number of nitrogens with zero attached hydrogens (tertiary/aromatic N) is 2. The van der Waals surface area contributed by atoms with E-state index in [1.165, 1.54) is 17.0 Å². The average Bonchev–Trinajstić information content (AvgIpc) is 2.85. The number of rotatable bonds is 15. The second kappa shape index (κ2) is 17.3. The number of Topliss-reactive ketones (excluding diaryl/α,β-unsaturated/α-hetero) is 1. The maximum Gasteiger partial charge on any atom is 0.412 e. The van der Waals surface area contributed by atoms with E-state index in [0.29, 0.717) is 20.5 Å². The first kappa shape index (κ1) is 35.4. The molecule has 0 aliphatic carbocycles. The zero-order valence-electron chi connectivity index (χ0n) is 23.1. The van der Waals surface area contributed by atoms with E-state index in [1.807, 2.05) is 0 Å². The van der Waals surface area contributed by atoms with Crippen molar-refractivity contribution in [3.05, 3.63) is 46.5 Å². The fourth-order valence-electron chi connectivity index (χ4n) is 3.27. The van der Waals surface area contributed by atoms with Crippen LogP contribution in [0.2, 0.25) is 10.0 Å². The van der Waals surface area contributed by atoms with Crippen molar-refractivity contribution < 1.29 is 42.6 Å². The van der Waals surface area contributed by atoms with E-state index in [2.05, 4.69) is 11.9 Å². The molecule has 3 N–H and O–H groups in total. The number of nitrogens with one attached hydrogen (secondary N) is 1. The standard InChI is InChI=1S/C26H35Cl2FN4O8/c1-5-10-39-24(37)31-14-20(34)6-8-32(15-17-11-18(27)13-19(28)12-17)22(35)21(40-23(30)36)7-9-33(16-29)25(38)41-26(2,3)4/h5,11-13,21H,1,6-10,14-16H2,2-4H3,(H2,30,36)(H,31,37)/t21-/m0/s1. The number of halogens is 3. The fraction of sp³-hybridized carbons (Fsp3) is 0.500. The third kappa shape index (κ3) is 14.6. The first-order chi connectivity index (χ1) is 19.1. The summed E-state index contributed by atoms with van der Waals surface area (Å²) in [5.74, 6) is -1.22. The molecule has 228 valence electrons. The maximum absolute atomic E-state index is 13.6. The first-order valence-corrected chi connectivity index (χ1v) is 13.2. The van der Waals surface area contributed by atoms with Gasteiger partial charge < -0.3 is 30.2 Å². The van der Waals surface area contributed by atoms with Crippen LogP contribution in [0.3, 0.4) is 0 Å². The molecule has 0 saturated carbocycles. The van der Waals surface area contributed by atoms with E-state index in [-0.39, 0.29) is 45.6 Å². The molecule has 1 atom stereocenters. The van der Waals surface area contributed by atoms with Gasteiger partial charge in [0, 0.05) is 42.5 Å². The van der Waals surface area contributed by atoms with Crippen molar-refractivity contribution in [1.29, 1.82) is 0 Å². The number of amides is 4. The minimum absolute atomic E-state index is 0.0422. The molecular weight excluding hydrogens is 586 g/mol. The Morgan fingerprint density at radius 3 is 2.27 bits per heavy atom. The van der Waals surface area contributed by atoms with Crippen LogP contribution in [0.5, 0.6) is 0 Å². The molecule has 0 aromatic heterocycles. The summed E-state index contributed by atoms with van der Waals surface area (Å²) in [6.07, 6.45) is -3.80. The zero-order valence-corrected chi connectivity index (χ0v) is 24.6. The Morgan fingerprint density at radius 1 is 1.10 bits per heavy atom. The highest BCUT2D eigenvalue weighted by Crippen LogP contribution is 2.21. The Labute approximate surface area is 247 Å². The smallest absolute Gasteiger partial charge is 0.412 e. The largest absolute Gasteiger partial charge is 0.445 e. The van der Waals surface area contributed by atoms with E-state index in [0.717, 1.165) is 0 Å². The molecule has 4 amide bonds. The van der Waals surface area contributed by atoms with Crippen LogP contribution in [0.15, 0.2) is 30.9 Å². The third-order valence-electron chi connectivity index (χ3n) is 5.02. The Kier molecular flexibility index (Phi) is 14.9. The van der Waals surface area contributed by atoms with Crippen molar-refractivity contribution in [1.82, 2.24) is 15.1 Å². The predicted molar refractivity (Wildman–Crippen MR) is 149 cm³/mol. The van der Waals surface area contributed by atoms with Crippen molar-refractivity contribution in [2.45, 2.75) is 51.9 Å². The van der Waals surface area contributed by atoms with Gasteiger partial charge in [0.2, 0.25) is 0 Å². The molecule has 0 aliphatic rings. The second-order valence-corrected chi connectivity index (χ2v) is 10.5. The molecule has 1 aromatic rings. The molecule has 1 aromatic carbocycles. The van der Waals surface area contributed by atoms with Gasteiger partial charge in [-0.25, -0.2) is 18.8 Å².